The molecule has 0 aliphatic carbocycles. The normalized spacial score (nSPS) is 13.0. The van der Waals surface area contributed by atoms with E-state index in [2.05, 4.69) is 5.16 Å². The van der Waals surface area contributed by atoms with Gasteiger partial charge in [-0.15, -0.1) is 0 Å². The quantitative estimate of drug-likeness (QED) is 0.375. The van der Waals surface area contributed by atoms with Crippen LogP contribution in [0.25, 0.3) is 0 Å². The minimum atomic E-state index is -4.25. The number of rotatable bonds is 5. The predicted molar refractivity (Wildman–Crippen MR) is 66.0 cm³/mol. The average molecular weight is 275 g/mol. The molecule has 1 rings (SSSR count). The number of hydrogen-bond acceptors (Lipinski definition) is 3. The van der Waals surface area contributed by atoms with Crippen LogP contribution in [0.1, 0.15) is 18.1 Å². The van der Waals surface area contributed by atoms with Crippen LogP contribution in [-0.2, 0) is 6.54 Å². The van der Waals surface area contributed by atoms with Crippen molar-refractivity contribution in [3.05, 3.63) is 35.4 Å². The molecule has 0 amide bonds. The molecule has 0 atom stereocenters. The molecule has 0 fully saturated rings. The highest BCUT2D eigenvalue weighted by Crippen LogP contribution is 2.19. The zero-order valence-corrected chi connectivity index (χ0v) is 10.5. The standard InChI is InChI=1S/C12H16F3N3O/c1-2-18(8-12(13,14)15)7-9-5-3-4-6-10(9)11(16)17-19/h3-6,19H,2,7-8H2,1H3,(H2,16,17). The maximum absolute atomic E-state index is 12.4. The molecule has 0 aliphatic rings. The molecule has 0 radical (unpaired) electrons. The molecular weight excluding hydrogens is 259 g/mol. The molecule has 0 spiro atoms. The summed E-state index contributed by atoms with van der Waals surface area (Å²) < 4.78 is 37.2. The van der Waals surface area contributed by atoms with E-state index in [1.807, 2.05) is 0 Å². The van der Waals surface area contributed by atoms with Gasteiger partial charge < -0.3 is 10.9 Å². The monoisotopic (exact) mass is 275 g/mol. The number of benzene rings is 1. The number of nitrogens with two attached hydrogens (primary N) is 1. The lowest BCUT2D eigenvalue weighted by atomic mass is 10.1. The molecule has 19 heavy (non-hydrogen) atoms. The van der Waals surface area contributed by atoms with Crippen molar-refractivity contribution in [2.24, 2.45) is 10.9 Å². The Morgan fingerprint density at radius 3 is 2.53 bits per heavy atom. The second kappa shape index (κ2) is 6.42. The molecule has 106 valence electrons. The van der Waals surface area contributed by atoms with Crippen LogP contribution in [0, 0.1) is 0 Å². The zero-order chi connectivity index (χ0) is 14.5. The first kappa shape index (κ1) is 15.3. The van der Waals surface area contributed by atoms with E-state index in [0.29, 0.717) is 11.1 Å². The molecular formula is C12H16F3N3O. The molecule has 1 aromatic rings. The van der Waals surface area contributed by atoms with Gasteiger partial charge in [-0.2, -0.15) is 13.2 Å². The van der Waals surface area contributed by atoms with Crippen LogP contribution < -0.4 is 5.73 Å². The number of halogens is 3. The van der Waals surface area contributed by atoms with Gasteiger partial charge in [0.2, 0.25) is 0 Å². The van der Waals surface area contributed by atoms with Gasteiger partial charge in [-0.05, 0) is 12.1 Å². The van der Waals surface area contributed by atoms with Crippen LogP contribution in [0.3, 0.4) is 0 Å². The first-order valence-corrected chi connectivity index (χ1v) is 5.72. The molecule has 0 unspecified atom stereocenters. The fourth-order valence-electron chi connectivity index (χ4n) is 1.74. The van der Waals surface area contributed by atoms with E-state index < -0.39 is 12.7 Å². The highest BCUT2D eigenvalue weighted by molar-refractivity contribution is 5.98. The largest absolute Gasteiger partial charge is 0.409 e. The SMILES string of the molecule is CCN(Cc1ccccc1C(N)=NO)CC(F)(F)F. The van der Waals surface area contributed by atoms with E-state index >= 15 is 0 Å². The van der Waals surface area contributed by atoms with E-state index in [-0.39, 0.29) is 18.9 Å². The highest BCUT2D eigenvalue weighted by atomic mass is 19.4. The smallest absolute Gasteiger partial charge is 0.401 e. The minimum absolute atomic E-state index is 0.0857. The fraction of sp³-hybridized carbons (Fsp3) is 0.417. The summed E-state index contributed by atoms with van der Waals surface area (Å²) in [5.41, 5.74) is 6.52. The van der Waals surface area contributed by atoms with E-state index in [0.717, 1.165) is 0 Å². The Labute approximate surface area is 109 Å². The van der Waals surface area contributed by atoms with Crippen molar-refractivity contribution in [2.45, 2.75) is 19.6 Å². The molecule has 1 aromatic carbocycles. The lowest BCUT2D eigenvalue weighted by Crippen LogP contribution is -2.34. The van der Waals surface area contributed by atoms with Crippen LogP contribution in [-0.4, -0.2) is 35.2 Å². The molecule has 0 heterocycles. The van der Waals surface area contributed by atoms with E-state index in [1.54, 1.807) is 31.2 Å². The summed E-state index contributed by atoms with van der Waals surface area (Å²) in [4.78, 5) is 1.24. The Hall–Kier alpha value is -1.76. The van der Waals surface area contributed by atoms with Gasteiger partial charge in [0.1, 0.15) is 0 Å². The second-order valence-corrected chi connectivity index (χ2v) is 4.06. The molecule has 3 N–H and O–H groups in total. The molecule has 0 saturated heterocycles. The van der Waals surface area contributed by atoms with Crippen molar-refractivity contribution < 1.29 is 18.4 Å². The number of alkyl halides is 3. The van der Waals surface area contributed by atoms with Crippen molar-refractivity contribution in [3.63, 3.8) is 0 Å². The Kier molecular flexibility index (Phi) is 5.17. The van der Waals surface area contributed by atoms with Gasteiger partial charge in [0.25, 0.3) is 0 Å². The average Bonchev–Trinajstić information content (AvgIpc) is 2.36. The third-order valence-electron chi connectivity index (χ3n) is 2.65. The van der Waals surface area contributed by atoms with Crippen molar-refractivity contribution in [1.29, 1.82) is 0 Å². The van der Waals surface area contributed by atoms with Crippen molar-refractivity contribution in [1.82, 2.24) is 4.90 Å². The van der Waals surface area contributed by atoms with Gasteiger partial charge in [-0.1, -0.05) is 36.3 Å². The number of hydrogen-bond donors (Lipinski definition) is 2. The summed E-state index contributed by atoms with van der Waals surface area (Å²) >= 11 is 0. The zero-order valence-electron chi connectivity index (χ0n) is 10.5. The predicted octanol–water partition coefficient (Wildman–Crippen LogP) is 2.17. The Morgan fingerprint density at radius 1 is 1.37 bits per heavy atom. The molecule has 0 bridgehead atoms. The molecule has 0 aliphatic heterocycles. The Balaban J connectivity index is 2.92. The topological polar surface area (TPSA) is 61.8 Å². The van der Waals surface area contributed by atoms with Crippen LogP contribution in [0.4, 0.5) is 13.2 Å². The fourth-order valence-corrected chi connectivity index (χ4v) is 1.74. The van der Waals surface area contributed by atoms with Crippen molar-refractivity contribution in [3.8, 4) is 0 Å². The molecule has 0 aromatic heterocycles. The number of amidine groups is 1. The number of oxime groups is 1. The van der Waals surface area contributed by atoms with Gasteiger partial charge in [0.15, 0.2) is 5.84 Å². The first-order chi connectivity index (χ1) is 8.87. The number of nitrogens with zero attached hydrogens (tertiary/aromatic N) is 2. The summed E-state index contributed by atoms with van der Waals surface area (Å²) in [7, 11) is 0. The van der Waals surface area contributed by atoms with Crippen LogP contribution in [0.15, 0.2) is 29.4 Å². The van der Waals surface area contributed by atoms with Crippen LogP contribution >= 0.6 is 0 Å². The van der Waals surface area contributed by atoms with Crippen molar-refractivity contribution in [2.75, 3.05) is 13.1 Å². The summed E-state index contributed by atoms with van der Waals surface area (Å²) in [6, 6.07) is 6.64. The third kappa shape index (κ3) is 4.78. The van der Waals surface area contributed by atoms with Crippen LogP contribution in [0.2, 0.25) is 0 Å². The van der Waals surface area contributed by atoms with Gasteiger partial charge in [-0.3, -0.25) is 4.90 Å². The summed E-state index contributed by atoms with van der Waals surface area (Å²) in [6.07, 6.45) is -4.25. The molecule has 7 heteroatoms. The first-order valence-electron chi connectivity index (χ1n) is 5.72. The lowest BCUT2D eigenvalue weighted by molar-refractivity contribution is -0.146. The summed E-state index contributed by atoms with van der Waals surface area (Å²) in [6.45, 7) is 0.998. The van der Waals surface area contributed by atoms with Crippen molar-refractivity contribution >= 4 is 5.84 Å². The lowest BCUT2D eigenvalue weighted by Gasteiger charge is -2.23. The maximum Gasteiger partial charge on any atom is 0.401 e. The van der Waals surface area contributed by atoms with Gasteiger partial charge in [0, 0.05) is 12.1 Å². The van der Waals surface area contributed by atoms with Gasteiger partial charge in [0.05, 0.1) is 6.54 Å². The molecule has 0 saturated carbocycles. The van der Waals surface area contributed by atoms with E-state index in [1.165, 1.54) is 4.90 Å². The highest BCUT2D eigenvalue weighted by Gasteiger charge is 2.30. The van der Waals surface area contributed by atoms with Gasteiger partial charge in [-0.25, -0.2) is 0 Å². The van der Waals surface area contributed by atoms with Gasteiger partial charge >= 0.3 is 6.18 Å². The third-order valence-corrected chi connectivity index (χ3v) is 2.65. The minimum Gasteiger partial charge on any atom is -0.409 e. The second-order valence-electron chi connectivity index (χ2n) is 4.06. The summed E-state index contributed by atoms with van der Waals surface area (Å²) in [5.74, 6) is -0.112. The Morgan fingerprint density at radius 2 is 2.00 bits per heavy atom. The van der Waals surface area contributed by atoms with E-state index in [9.17, 15) is 13.2 Å². The summed E-state index contributed by atoms with van der Waals surface area (Å²) in [5, 5.41) is 11.5. The maximum atomic E-state index is 12.4. The van der Waals surface area contributed by atoms with E-state index in [4.69, 9.17) is 10.9 Å². The molecule has 4 nitrogen and oxygen atoms in total. The van der Waals surface area contributed by atoms with Crippen LogP contribution in [0.5, 0.6) is 0 Å². The Bertz CT molecular complexity index is 446.